The molecule has 0 saturated carbocycles. The van der Waals surface area contributed by atoms with Gasteiger partial charge in [0.25, 0.3) is 0 Å². The lowest BCUT2D eigenvalue weighted by molar-refractivity contribution is -0.0271. The molecule has 2 N–H and O–H groups in total. The van der Waals surface area contributed by atoms with Crippen LogP contribution in [0.5, 0.6) is 0 Å². The zero-order valence-corrected chi connectivity index (χ0v) is 16.2. The number of piperidine rings is 1. The maximum atomic E-state index is 9.45. The highest BCUT2D eigenvalue weighted by molar-refractivity contribution is 5.49. The SMILES string of the molecule is CCC(CC)C1CC(Nc2cc(N3CCCC(CO)C3)ncn2)CCO1. The van der Waals surface area contributed by atoms with Crippen molar-refractivity contribution in [1.29, 1.82) is 0 Å². The fourth-order valence-corrected chi connectivity index (χ4v) is 4.33. The van der Waals surface area contributed by atoms with Gasteiger partial charge in [-0.05, 0) is 37.5 Å². The Morgan fingerprint density at radius 3 is 2.92 bits per heavy atom. The molecule has 0 spiro atoms. The second-order valence-corrected chi connectivity index (χ2v) is 7.75. The molecule has 0 radical (unpaired) electrons. The Balaban J connectivity index is 1.61. The summed E-state index contributed by atoms with van der Waals surface area (Å²) in [6.07, 6.45) is 8.62. The van der Waals surface area contributed by atoms with E-state index in [2.05, 4.69) is 40.1 Å². The minimum atomic E-state index is 0.256. The van der Waals surface area contributed by atoms with Crippen LogP contribution in [0.3, 0.4) is 0 Å². The molecular formula is C20H34N4O2. The van der Waals surface area contributed by atoms with Crippen molar-refractivity contribution in [3.8, 4) is 0 Å². The summed E-state index contributed by atoms with van der Waals surface area (Å²) in [6.45, 7) is 7.46. The van der Waals surface area contributed by atoms with Crippen LogP contribution in [0.2, 0.25) is 0 Å². The van der Waals surface area contributed by atoms with Gasteiger partial charge in [0.1, 0.15) is 18.0 Å². The molecule has 3 rings (SSSR count). The molecule has 2 saturated heterocycles. The second-order valence-electron chi connectivity index (χ2n) is 7.75. The van der Waals surface area contributed by atoms with Gasteiger partial charge < -0.3 is 20.1 Å². The summed E-state index contributed by atoms with van der Waals surface area (Å²) in [5.41, 5.74) is 0. The molecule has 3 unspecified atom stereocenters. The zero-order chi connectivity index (χ0) is 18.4. The van der Waals surface area contributed by atoms with Crippen LogP contribution in [0, 0.1) is 11.8 Å². The van der Waals surface area contributed by atoms with Gasteiger partial charge in [-0.15, -0.1) is 0 Å². The lowest BCUT2D eigenvalue weighted by Crippen LogP contribution is -2.38. The lowest BCUT2D eigenvalue weighted by Gasteiger charge is -2.35. The van der Waals surface area contributed by atoms with Crippen molar-refractivity contribution in [2.45, 2.75) is 64.5 Å². The number of anilines is 2. The largest absolute Gasteiger partial charge is 0.396 e. The van der Waals surface area contributed by atoms with Crippen LogP contribution in [0.25, 0.3) is 0 Å². The molecule has 0 aromatic carbocycles. The molecule has 0 amide bonds. The number of nitrogens with one attached hydrogen (secondary N) is 1. The number of hydrogen-bond donors (Lipinski definition) is 2. The maximum Gasteiger partial charge on any atom is 0.134 e. The number of hydrogen-bond acceptors (Lipinski definition) is 6. The first kappa shape index (κ1) is 19.4. The smallest absolute Gasteiger partial charge is 0.134 e. The van der Waals surface area contributed by atoms with E-state index in [1.165, 1.54) is 12.8 Å². The minimum Gasteiger partial charge on any atom is -0.396 e. The Morgan fingerprint density at radius 1 is 1.31 bits per heavy atom. The van der Waals surface area contributed by atoms with Crippen molar-refractivity contribution in [3.05, 3.63) is 12.4 Å². The predicted octanol–water partition coefficient (Wildman–Crippen LogP) is 3.08. The average Bonchev–Trinajstić information content (AvgIpc) is 2.69. The van der Waals surface area contributed by atoms with Crippen LogP contribution in [0.1, 0.15) is 52.4 Å². The van der Waals surface area contributed by atoms with Gasteiger partial charge in [0.15, 0.2) is 0 Å². The fourth-order valence-electron chi connectivity index (χ4n) is 4.33. The van der Waals surface area contributed by atoms with Gasteiger partial charge in [0.05, 0.1) is 6.10 Å². The number of nitrogens with zero attached hydrogens (tertiary/aromatic N) is 3. The number of aromatic nitrogens is 2. The molecule has 1 aromatic heterocycles. The second kappa shape index (κ2) is 9.51. The molecule has 3 atom stereocenters. The van der Waals surface area contributed by atoms with E-state index in [1.807, 2.05) is 0 Å². The van der Waals surface area contributed by atoms with E-state index in [0.717, 1.165) is 57.0 Å². The summed E-state index contributed by atoms with van der Waals surface area (Å²) in [5.74, 6) is 2.86. The van der Waals surface area contributed by atoms with E-state index < -0.39 is 0 Å². The highest BCUT2D eigenvalue weighted by Crippen LogP contribution is 2.28. The molecule has 2 aliphatic heterocycles. The van der Waals surface area contributed by atoms with E-state index in [4.69, 9.17) is 4.74 Å². The minimum absolute atomic E-state index is 0.256. The quantitative estimate of drug-likeness (QED) is 0.777. The molecule has 1 aromatic rings. The van der Waals surface area contributed by atoms with Crippen molar-refractivity contribution in [1.82, 2.24) is 9.97 Å². The predicted molar refractivity (Wildman–Crippen MR) is 105 cm³/mol. The van der Waals surface area contributed by atoms with E-state index in [-0.39, 0.29) is 6.61 Å². The number of aliphatic hydroxyl groups is 1. The van der Waals surface area contributed by atoms with Crippen LogP contribution < -0.4 is 10.2 Å². The first-order chi connectivity index (χ1) is 12.7. The molecule has 146 valence electrons. The van der Waals surface area contributed by atoms with E-state index in [1.54, 1.807) is 6.33 Å². The van der Waals surface area contributed by atoms with Gasteiger partial charge in [0.2, 0.25) is 0 Å². The molecule has 0 bridgehead atoms. The lowest BCUT2D eigenvalue weighted by atomic mass is 9.89. The first-order valence-electron chi connectivity index (χ1n) is 10.3. The third kappa shape index (κ3) is 4.86. The summed E-state index contributed by atoms with van der Waals surface area (Å²) in [6, 6.07) is 2.46. The zero-order valence-electron chi connectivity index (χ0n) is 16.2. The topological polar surface area (TPSA) is 70.5 Å². The maximum absolute atomic E-state index is 9.45. The summed E-state index contributed by atoms with van der Waals surface area (Å²) >= 11 is 0. The summed E-state index contributed by atoms with van der Waals surface area (Å²) in [7, 11) is 0. The molecule has 2 aliphatic rings. The Hall–Kier alpha value is -1.40. The van der Waals surface area contributed by atoms with E-state index in [0.29, 0.717) is 24.0 Å². The summed E-state index contributed by atoms with van der Waals surface area (Å²) < 4.78 is 6.03. The Morgan fingerprint density at radius 2 is 2.15 bits per heavy atom. The van der Waals surface area contributed by atoms with Gasteiger partial charge in [-0.1, -0.05) is 26.7 Å². The summed E-state index contributed by atoms with van der Waals surface area (Å²) in [5, 5.41) is 13.1. The summed E-state index contributed by atoms with van der Waals surface area (Å²) in [4.78, 5) is 11.2. The first-order valence-corrected chi connectivity index (χ1v) is 10.3. The van der Waals surface area contributed by atoms with Gasteiger partial charge >= 0.3 is 0 Å². The van der Waals surface area contributed by atoms with Crippen LogP contribution in [0.15, 0.2) is 12.4 Å². The van der Waals surface area contributed by atoms with Crippen molar-refractivity contribution in [2.75, 3.05) is 36.5 Å². The molecule has 3 heterocycles. The van der Waals surface area contributed by atoms with Gasteiger partial charge in [0, 0.05) is 38.4 Å². The molecule has 2 fully saturated rings. The number of aliphatic hydroxyl groups excluding tert-OH is 1. The molecule has 6 heteroatoms. The number of rotatable bonds is 7. The third-order valence-corrected chi connectivity index (χ3v) is 6.00. The normalized spacial score (nSPS) is 26.9. The standard InChI is InChI=1S/C20H34N4O2/c1-3-16(4-2)18-10-17(7-9-26-18)23-19-11-20(22-14-21-19)24-8-5-6-15(12-24)13-25/h11,14-18,25H,3-10,12-13H2,1-2H3,(H,21,22,23). The van der Waals surface area contributed by atoms with Gasteiger partial charge in [-0.2, -0.15) is 0 Å². The monoisotopic (exact) mass is 362 g/mol. The highest BCUT2D eigenvalue weighted by Gasteiger charge is 2.28. The average molecular weight is 363 g/mol. The Kier molecular flexibility index (Phi) is 7.08. The van der Waals surface area contributed by atoms with Gasteiger partial charge in [-0.25, -0.2) is 9.97 Å². The van der Waals surface area contributed by atoms with Crippen LogP contribution in [-0.4, -0.2) is 53.5 Å². The Bertz CT molecular complexity index is 552. The van der Waals surface area contributed by atoms with Crippen molar-refractivity contribution in [2.24, 2.45) is 11.8 Å². The van der Waals surface area contributed by atoms with Crippen molar-refractivity contribution < 1.29 is 9.84 Å². The van der Waals surface area contributed by atoms with Crippen LogP contribution >= 0.6 is 0 Å². The van der Waals surface area contributed by atoms with Crippen LogP contribution in [0.4, 0.5) is 11.6 Å². The van der Waals surface area contributed by atoms with Crippen molar-refractivity contribution >= 4 is 11.6 Å². The highest BCUT2D eigenvalue weighted by atomic mass is 16.5. The third-order valence-electron chi connectivity index (χ3n) is 6.00. The van der Waals surface area contributed by atoms with Crippen LogP contribution in [-0.2, 0) is 4.74 Å². The molecule has 0 aliphatic carbocycles. The van der Waals surface area contributed by atoms with E-state index in [9.17, 15) is 5.11 Å². The van der Waals surface area contributed by atoms with Crippen molar-refractivity contribution in [3.63, 3.8) is 0 Å². The molecule has 26 heavy (non-hydrogen) atoms. The molecule has 6 nitrogen and oxygen atoms in total. The van der Waals surface area contributed by atoms with E-state index >= 15 is 0 Å². The van der Waals surface area contributed by atoms with Gasteiger partial charge in [-0.3, -0.25) is 0 Å². The fraction of sp³-hybridized carbons (Fsp3) is 0.800. The molecular weight excluding hydrogens is 328 g/mol. The number of ether oxygens (including phenoxy) is 1. The Labute approximate surface area is 157 Å².